The summed E-state index contributed by atoms with van der Waals surface area (Å²) in [7, 11) is 1.50. The van der Waals surface area contributed by atoms with Gasteiger partial charge in [-0.05, 0) is 24.6 Å². The SMILES string of the molecule is C/C=C/c1ccc2c(c1)C(=O)N(C)C2=O. The third-order valence-corrected chi connectivity index (χ3v) is 2.47. The van der Waals surface area contributed by atoms with E-state index in [-0.39, 0.29) is 11.8 Å². The van der Waals surface area contributed by atoms with Crippen LogP contribution in [-0.4, -0.2) is 23.8 Å². The van der Waals surface area contributed by atoms with Crippen LogP contribution in [-0.2, 0) is 0 Å². The highest BCUT2D eigenvalue weighted by Gasteiger charge is 2.32. The number of hydrogen-bond donors (Lipinski definition) is 0. The molecule has 0 radical (unpaired) electrons. The molecule has 1 aromatic rings. The number of benzene rings is 1. The van der Waals surface area contributed by atoms with E-state index < -0.39 is 0 Å². The number of hydrogen-bond acceptors (Lipinski definition) is 2. The number of nitrogens with zero attached hydrogens (tertiary/aromatic N) is 1. The summed E-state index contributed by atoms with van der Waals surface area (Å²) in [5.74, 6) is -0.441. The maximum Gasteiger partial charge on any atom is 0.261 e. The Labute approximate surface area is 88.0 Å². The van der Waals surface area contributed by atoms with Crippen molar-refractivity contribution in [2.75, 3.05) is 7.05 Å². The zero-order valence-electron chi connectivity index (χ0n) is 8.65. The zero-order valence-corrected chi connectivity index (χ0v) is 8.65. The van der Waals surface area contributed by atoms with Gasteiger partial charge in [0.05, 0.1) is 11.1 Å². The minimum Gasteiger partial charge on any atom is -0.277 e. The van der Waals surface area contributed by atoms with Crippen molar-refractivity contribution in [3.8, 4) is 0 Å². The number of allylic oxidation sites excluding steroid dienone is 1. The van der Waals surface area contributed by atoms with E-state index in [9.17, 15) is 9.59 Å². The number of carbonyl (C=O) groups is 2. The molecule has 1 aromatic carbocycles. The number of imide groups is 1. The number of amides is 2. The van der Waals surface area contributed by atoms with E-state index in [2.05, 4.69) is 0 Å². The molecule has 0 fully saturated rings. The van der Waals surface area contributed by atoms with Crippen molar-refractivity contribution in [2.24, 2.45) is 0 Å². The van der Waals surface area contributed by atoms with E-state index >= 15 is 0 Å². The van der Waals surface area contributed by atoms with E-state index in [1.807, 2.05) is 25.1 Å². The van der Waals surface area contributed by atoms with Gasteiger partial charge in [0.15, 0.2) is 0 Å². The molecule has 0 spiro atoms. The molecule has 0 atom stereocenters. The summed E-state index contributed by atoms with van der Waals surface area (Å²) in [6.45, 7) is 1.91. The van der Waals surface area contributed by atoms with Crippen molar-refractivity contribution in [1.29, 1.82) is 0 Å². The van der Waals surface area contributed by atoms with Crippen LogP contribution in [0.5, 0.6) is 0 Å². The molecule has 0 unspecified atom stereocenters. The van der Waals surface area contributed by atoms with Gasteiger partial charge in [-0.15, -0.1) is 0 Å². The maximum absolute atomic E-state index is 11.6. The van der Waals surface area contributed by atoms with Crippen LogP contribution in [0.25, 0.3) is 6.08 Å². The molecule has 0 N–H and O–H groups in total. The number of fused-ring (bicyclic) bond motifs is 1. The summed E-state index contributed by atoms with van der Waals surface area (Å²) in [6, 6.07) is 5.29. The van der Waals surface area contributed by atoms with Gasteiger partial charge in [-0.3, -0.25) is 14.5 Å². The summed E-state index contributed by atoms with van der Waals surface area (Å²) in [4.78, 5) is 24.4. The van der Waals surface area contributed by atoms with Crippen LogP contribution in [0, 0.1) is 0 Å². The highest BCUT2D eigenvalue weighted by atomic mass is 16.2. The van der Waals surface area contributed by atoms with Crippen LogP contribution in [0.3, 0.4) is 0 Å². The predicted octanol–water partition coefficient (Wildman–Crippen LogP) is 1.95. The van der Waals surface area contributed by atoms with Gasteiger partial charge in [0.25, 0.3) is 11.8 Å². The second-order valence-electron chi connectivity index (χ2n) is 3.47. The van der Waals surface area contributed by atoms with Gasteiger partial charge >= 0.3 is 0 Å². The Hall–Kier alpha value is -1.90. The molecule has 0 saturated carbocycles. The summed E-state index contributed by atoms with van der Waals surface area (Å²) >= 11 is 0. The van der Waals surface area contributed by atoms with Crippen LogP contribution < -0.4 is 0 Å². The van der Waals surface area contributed by atoms with Gasteiger partial charge in [0.2, 0.25) is 0 Å². The smallest absolute Gasteiger partial charge is 0.261 e. The van der Waals surface area contributed by atoms with E-state index in [1.54, 1.807) is 12.1 Å². The van der Waals surface area contributed by atoms with Crippen molar-refractivity contribution in [1.82, 2.24) is 4.90 Å². The standard InChI is InChI=1S/C12H11NO2/c1-3-4-8-5-6-9-10(7-8)12(15)13(2)11(9)14/h3-7H,1-2H3/b4-3+. The summed E-state index contributed by atoms with van der Waals surface area (Å²) in [5.41, 5.74) is 1.93. The Bertz CT molecular complexity index is 475. The second-order valence-corrected chi connectivity index (χ2v) is 3.47. The first-order valence-corrected chi connectivity index (χ1v) is 4.74. The van der Waals surface area contributed by atoms with Gasteiger partial charge in [-0.25, -0.2) is 0 Å². The van der Waals surface area contributed by atoms with Crippen LogP contribution in [0.4, 0.5) is 0 Å². The van der Waals surface area contributed by atoms with Crippen molar-refractivity contribution in [3.05, 3.63) is 41.0 Å². The molecule has 0 aliphatic carbocycles. The molecule has 15 heavy (non-hydrogen) atoms. The molecule has 1 aliphatic heterocycles. The Morgan fingerprint density at radius 1 is 1.13 bits per heavy atom. The lowest BCUT2D eigenvalue weighted by Gasteiger charge is -2.02. The quantitative estimate of drug-likeness (QED) is 0.651. The van der Waals surface area contributed by atoms with Crippen LogP contribution >= 0.6 is 0 Å². The first-order chi connectivity index (χ1) is 7.15. The lowest BCUT2D eigenvalue weighted by molar-refractivity contribution is 0.0693. The van der Waals surface area contributed by atoms with E-state index in [0.29, 0.717) is 11.1 Å². The minimum absolute atomic E-state index is 0.220. The Morgan fingerprint density at radius 3 is 2.47 bits per heavy atom. The third kappa shape index (κ3) is 1.36. The van der Waals surface area contributed by atoms with Gasteiger partial charge in [-0.2, -0.15) is 0 Å². The van der Waals surface area contributed by atoms with Crippen LogP contribution in [0.1, 0.15) is 33.2 Å². The van der Waals surface area contributed by atoms with Crippen LogP contribution in [0.15, 0.2) is 24.3 Å². The second kappa shape index (κ2) is 3.35. The fourth-order valence-corrected chi connectivity index (χ4v) is 1.68. The molecule has 1 aliphatic rings. The average Bonchev–Trinajstić information content (AvgIpc) is 2.45. The molecule has 76 valence electrons. The molecule has 2 amide bonds. The highest BCUT2D eigenvalue weighted by Crippen LogP contribution is 2.22. The zero-order chi connectivity index (χ0) is 11.0. The molecule has 3 heteroatoms. The van der Waals surface area contributed by atoms with Crippen LogP contribution in [0.2, 0.25) is 0 Å². The summed E-state index contributed by atoms with van der Waals surface area (Å²) < 4.78 is 0. The highest BCUT2D eigenvalue weighted by molar-refractivity contribution is 6.21. The first kappa shape index (κ1) is 9.65. The lowest BCUT2D eigenvalue weighted by atomic mass is 10.1. The van der Waals surface area contributed by atoms with Gasteiger partial charge in [0, 0.05) is 7.05 Å². The monoisotopic (exact) mass is 201 g/mol. The molecule has 0 bridgehead atoms. The van der Waals surface area contributed by atoms with E-state index in [0.717, 1.165) is 10.5 Å². The largest absolute Gasteiger partial charge is 0.277 e. The molecular weight excluding hydrogens is 190 g/mol. The Morgan fingerprint density at radius 2 is 1.80 bits per heavy atom. The topological polar surface area (TPSA) is 37.4 Å². The predicted molar refractivity (Wildman–Crippen MR) is 57.6 cm³/mol. The fraction of sp³-hybridized carbons (Fsp3) is 0.167. The lowest BCUT2D eigenvalue weighted by Crippen LogP contribution is -2.24. The first-order valence-electron chi connectivity index (χ1n) is 4.74. The normalized spacial score (nSPS) is 15.2. The molecular formula is C12H11NO2. The van der Waals surface area contributed by atoms with E-state index in [4.69, 9.17) is 0 Å². The van der Waals surface area contributed by atoms with Crippen molar-refractivity contribution in [2.45, 2.75) is 6.92 Å². The van der Waals surface area contributed by atoms with Crippen molar-refractivity contribution in [3.63, 3.8) is 0 Å². The third-order valence-electron chi connectivity index (χ3n) is 2.47. The number of rotatable bonds is 1. The average molecular weight is 201 g/mol. The molecule has 0 saturated heterocycles. The fourth-order valence-electron chi connectivity index (χ4n) is 1.68. The summed E-state index contributed by atoms with van der Waals surface area (Å²) in [5, 5.41) is 0. The number of carbonyl (C=O) groups excluding carboxylic acids is 2. The summed E-state index contributed by atoms with van der Waals surface area (Å²) in [6.07, 6.45) is 3.79. The Balaban J connectivity index is 2.56. The van der Waals surface area contributed by atoms with Crippen molar-refractivity contribution >= 4 is 17.9 Å². The molecule has 0 aromatic heterocycles. The van der Waals surface area contributed by atoms with Crippen molar-refractivity contribution < 1.29 is 9.59 Å². The Kier molecular flexibility index (Phi) is 2.15. The van der Waals surface area contributed by atoms with Gasteiger partial charge < -0.3 is 0 Å². The van der Waals surface area contributed by atoms with Gasteiger partial charge in [-0.1, -0.05) is 18.2 Å². The molecule has 1 heterocycles. The molecule has 2 rings (SSSR count). The van der Waals surface area contributed by atoms with Gasteiger partial charge in [0.1, 0.15) is 0 Å². The minimum atomic E-state index is -0.221. The maximum atomic E-state index is 11.6. The molecule has 3 nitrogen and oxygen atoms in total. The van der Waals surface area contributed by atoms with E-state index in [1.165, 1.54) is 7.05 Å².